The second kappa shape index (κ2) is 25.3. The molecule has 3 atom stereocenters. The fourth-order valence-corrected chi connectivity index (χ4v) is 5.92. The second-order valence-corrected chi connectivity index (χ2v) is 14.5. The molecule has 0 amide bonds. The van der Waals surface area contributed by atoms with Crippen LogP contribution in [-0.2, 0) is 28.6 Å². The lowest BCUT2D eigenvalue weighted by Crippen LogP contribution is -2.43. The molecule has 0 spiro atoms. The first-order valence-electron chi connectivity index (χ1n) is 16.3. The number of thioether (sulfide) groups is 1. The van der Waals surface area contributed by atoms with Gasteiger partial charge in [0.15, 0.2) is 0 Å². The summed E-state index contributed by atoms with van der Waals surface area (Å²) in [5.74, 6) is 0.254. The van der Waals surface area contributed by atoms with Crippen LogP contribution in [0.2, 0.25) is 0 Å². The predicted octanol–water partition coefficient (Wildman–Crippen LogP) is 10.7. The average Bonchev–Trinajstić information content (AvgIpc) is 2.93. The minimum absolute atomic E-state index is 0.159. The third kappa shape index (κ3) is 20.6. The van der Waals surface area contributed by atoms with E-state index in [4.69, 9.17) is 19.2 Å². The van der Waals surface area contributed by atoms with Gasteiger partial charge in [-0.3, -0.25) is 4.57 Å². The standard InChI is InChI=1S/C32H63O6PS/c1-8-11-13-15-17-18-19-21-23-26-40-29(24-22-20-16-14-12-9-2)28(4)37-38-32(39-34,36-25-10-3)30(33)35-27-31(5,6)7/h28-29H,8-27H2,1-7H3. The number of carbonyl (C=O) groups is 1. The normalized spacial score (nSPS) is 15.2. The molecule has 0 radical (unpaired) electrons. The van der Waals surface area contributed by atoms with Gasteiger partial charge < -0.3 is 9.47 Å². The van der Waals surface area contributed by atoms with E-state index in [0.717, 1.165) is 18.6 Å². The molecule has 0 fully saturated rings. The summed E-state index contributed by atoms with van der Waals surface area (Å²) < 4.78 is 23.3. The van der Waals surface area contributed by atoms with Gasteiger partial charge in [-0.1, -0.05) is 131 Å². The first-order chi connectivity index (χ1) is 19.2. The zero-order chi connectivity index (χ0) is 30.1. The summed E-state index contributed by atoms with van der Waals surface area (Å²) in [4.78, 5) is 24.3. The smallest absolute Gasteiger partial charge is 0.382 e. The Bertz CT molecular complexity index is 615. The largest absolute Gasteiger partial charge is 0.460 e. The van der Waals surface area contributed by atoms with Gasteiger partial charge >= 0.3 is 11.5 Å². The Kier molecular flexibility index (Phi) is 25.2. The molecular formula is C32H63O6PS. The first kappa shape index (κ1) is 39.8. The van der Waals surface area contributed by atoms with Crippen LogP contribution in [0.4, 0.5) is 0 Å². The maximum Gasteiger partial charge on any atom is 0.382 e. The van der Waals surface area contributed by atoms with Crippen LogP contribution in [0, 0.1) is 5.41 Å². The van der Waals surface area contributed by atoms with E-state index in [1.165, 1.54) is 89.9 Å². The Labute approximate surface area is 253 Å². The maximum absolute atomic E-state index is 12.9. The van der Waals surface area contributed by atoms with E-state index >= 15 is 0 Å². The molecule has 0 aliphatic heterocycles. The fraction of sp³-hybridized carbons (Fsp3) is 0.969. The molecule has 3 unspecified atom stereocenters. The lowest BCUT2D eigenvalue weighted by Gasteiger charge is -2.29. The highest BCUT2D eigenvalue weighted by atomic mass is 32.2. The first-order valence-corrected chi connectivity index (χ1v) is 18.1. The van der Waals surface area contributed by atoms with Crippen LogP contribution < -0.4 is 0 Å². The molecule has 0 rings (SSSR count). The van der Waals surface area contributed by atoms with Crippen LogP contribution in [0.5, 0.6) is 0 Å². The highest BCUT2D eigenvalue weighted by molar-refractivity contribution is 7.99. The van der Waals surface area contributed by atoms with Crippen LogP contribution in [0.3, 0.4) is 0 Å². The molecule has 40 heavy (non-hydrogen) atoms. The molecular weight excluding hydrogens is 543 g/mol. The Morgan fingerprint density at radius 3 is 1.80 bits per heavy atom. The molecule has 0 aromatic rings. The van der Waals surface area contributed by atoms with Crippen molar-refractivity contribution < 1.29 is 28.6 Å². The lowest BCUT2D eigenvalue weighted by molar-refractivity contribution is -0.403. The van der Waals surface area contributed by atoms with Crippen LogP contribution in [-0.4, -0.2) is 41.8 Å². The molecule has 0 aliphatic rings. The number of hydrogen-bond donors (Lipinski definition) is 0. The molecule has 0 saturated heterocycles. The molecule has 0 aromatic heterocycles. The van der Waals surface area contributed by atoms with Crippen molar-refractivity contribution in [1.29, 1.82) is 0 Å². The number of carbonyl (C=O) groups excluding carboxylic acids is 1. The Morgan fingerprint density at radius 1 is 0.775 bits per heavy atom. The van der Waals surface area contributed by atoms with E-state index in [1.807, 2.05) is 46.4 Å². The zero-order valence-corrected chi connectivity index (χ0v) is 28.8. The van der Waals surface area contributed by atoms with Gasteiger partial charge in [-0.25, -0.2) is 9.68 Å². The van der Waals surface area contributed by atoms with E-state index in [-0.39, 0.29) is 30.0 Å². The second-order valence-electron chi connectivity index (χ2n) is 12.3. The van der Waals surface area contributed by atoms with Gasteiger partial charge in [-0.2, -0.15) is 16.6 Å². The van der Waals surface area contributed by atoms with E-state index in [1.54, 1.807) is 0 Å². The van der Waals surface area contributed by atoms with E-state index < -0.39 is 20.0 Å². The Morgan fingerprint density at radius 2 is 1.30 bits per heavy atom. The zero-order valence-electron chi connectivity index (χ0n) is 27.1. The summed E-state index contributed by atoms with van der Waals surface area (Å²) in [6, 6.07) is 0. The molecule has 0 N–H and O–H groups in total. The van der Waals surface area contributed by atoms with Gasteiger partial charge in [0.05, 0.1) is 13.2 Å². The number of rotatable bonds is 28. The van der Waals surface area contributed by atoms with Crippen LogP contribution in [0.15, 0.2) is 0 Å². The van der Waals surface area contributed by atoms with Crippen molar-refractivity contribution in [3.05, 3.63) is 0 Å². The predicted molar refractivity (Wildman–Crippen MR) is 170 cm³/mol. The van der Waals surface area contributed by atoms with Crippen LogP contribution in [0.1, 0.15) is 158 Å². The van der Waals surface area contributed by atoms with Crippen LogP contribution in [0.25, 0.3) is 0 Å². The topological polar surface area (TPSA) is 71.1 Å². The maximum atomic E-state index is 12.9. The van der Waals surface area contributed by atoms with E-state index in [9.17, 15) is 9.36 Å². The average molecular weight is 607 g/mol. The summed E-state index contributed by atoms with van der Waals surface area (Å²) in [7, 11) is -0.636. The highest BCUT2D eigenvalue weighted by Gasteiger charge is 2.47. The molecule has 0 saturated carbocycles. The Balaban J connectivity index is 4.97. The lowest BCUT2D eigenvalue weighted by atomic mass is 9.99. The van der Waals surface area contributed by atoms with Gasteiger partial charge in [0.25, 0.3) is 0 Å². The fourth-order valence-electron chi connectivity index (χ4n) is 4.24. The van der Waals surface area contributed by atoms with Gasteiger partial charge in [-0.15, -0.1) is 0 Å². The third-order valence-electron chi connectivity index (χ3n) is 6.77. The number of hydrogen-bond acceptors (Lipinski definition) is 7. The van der Waals surface area contributed by atoms with E-state index in [2.05, 4.69) is 13.8 Å². The summed E-state index contributed by atoms with van der Waals surface area (Å²) in [6.07, 6.45) is 20.7. The molecule has 8 heteroatoms. The van der Waals surface area contributed by atoms with Gasteiger partial charge in [0, 0.05) is 5.25 Å². The minimum Gasteiger partial charge on any atom is -0.460 e. The quantitative estimate of drug-likeness (QED) is 0.0219. The van der Waals surface area contributed by atoms with E-state index in [0.29, 0.717) is 6.42 Å². The van der Waals surface area contributed by atoms with Gasteiger partial charge in [-0.05, 0) is 37.4 Å². The van der Waals surface area contributed by atoms with Crippen molar-refractivity contribution in [2.45, 2.75) is 175 Å². The van der Waals surface area contributed by atoms with Crippen molar-refractivity contribution in [2.24, 2.45) is 5.41 Å². The van der Waals surface area contributed by atoms with Crippen LogP contribution >= 0.6 is 20.2 Å². The summed E-state index contributed by atoms with van der Waals surface area (Å²) in [6.45, 7) is 14.6. The molecule has 0 aromatic carbocycles. The molecule has 238 valence electrons. The number of esters is 1. The molecule has 6 nitrogen and oxygen atoms in total. The molecule has 0 heterocycles. The Hall–Kier alpha value is -0.200. The number of ether oxygens (including phenoxy) is 2. The van der Waals surface area contributed by atoms with Crippen molar-refractivity contribution in [3.8, 4) is 0 Å². The highest BCUT2D eigenvalue weighted by Crippen LogP contribution is 2.33. The molecule has 0 aliphatic carbocycles. The summed E-state index contributed by atoms with van der Waals surface area (Å²) >= 11 is 1.93. The van der Waals surface area contributed by atoms with Crippen molar-refractivity contribution >= 4 is 26.2 Å². The number of unbranched alkanes of at least 4 members (excludes halogenated alkanes) is 13. The third-order valence-corrected chi connectivity index (χ3v) is 8.97. The van der Waals surface area contributed by atoms with Crippen molar-refractivity contribution in [2.75, 3.05) is 19.0 Å². The minimum atomic E-state index is -2.11. The summed E-state index contributed by atoms with van der Waals surface area (Å²) in [5, 5.41) is 0.220. The van der Waals surface area contributed by atoms with Gasteiger partial charge in [0.1, 0.15) is 6.10 Å². The van der Waals surface area contributed by atoms with Crippen molar-refractivity contribution in [3.63, 3.8) is 0 Å². The SMILES string of the molecule is CCCCCCCCCCCSC(CCCCCCCC)C(C)OOC(OCCC)(P=O)C(=O)OCC(C)(C)C. The van der Waals surface area contributed by atoms with Crippen molar-refractivity contribution in [1.82, 2.24) is 0 Å². The summed E-state index contributed by atoms with van der Waals surface area (Å²) in [5.41, 5.74) is -2.35. The monoisotopic (exact) mass is 606 g/mol. The van der Waals surface area contributed by atoms with Gasteiger partial charge in [0.2, 0.25) is 8.46 Å². The molecule has 0 bridgehead atoms.